The molecule has 17 heavy (non-hydrogen) atoms. The molecule has 6 heteroatoms. The Balaban J connectivity index is 2.31. The van der Waals surface area contributed by atoms with Gasteiger partial charge in [-0.25, -0.2) is 4.99 Å². The Morgan fingerprint density at radius 3 is 2.88 bits per heavy atom. The molecule has 0 saturated carbocycles. The molecule has 0 aliphatic heterocycles. The zero-order chi connectivity index (χ0) is 12.3. The largest absolute Gasteiger partial charge is 0.363 e. The van der Waals surface area contributed by atoms with Crippen molar-refractivity contribution in [2.24, 2.45) is 4.99 Å². The van der Waals surface area contributed by atoms with E-state index in [9.17, 15) is 0 Å². The van der Waals surface area contributed by atoms with Gasteiger partial charge in [0.1, 0.15) is 6.33 Å². The van der Waals surface area contributed by atoms with Crippen LogP contribution in [0.15, 0.2) is 17.4 Å². The van der Waals surface area contributed by atoms with Crippen LogP contribution in [0.1, 0.15) is 19.4 Å². The Kier molecular flexibility index (Phi) is 3.32. The molecule has 0 aromatic carbocycles. The molecule has 0 spiro atoms. The zero-order valence-corrected chi connectivity index (χ0v) is 10.3. The maximum Gasteiger partial charge on any atom is 0.177 e. The van der Waals surface area contributed by atoms with Crippen molar-refractivity contribution in [3.63, 3.8) is 0 Å². The molecular weight excluding hydrogens is 216 g/mol. The predicted molar refractivity (Wildman–Crippen MR) is 66.6 cm³/mol. The van der Waals surface area contributed by atoms with E-state index in [1.807, 2.05) is 19.3 Å². The molecule has 2 rings (SSSR count). The van der Waals surface area contributed by atoms with Crippen LogP contribution in [-0.2, 0) is 0 Å². The molecule has 0 N–H and O–H groups in total. The molecule has 0 radical (unpaired) electrons. The van der Waals surface area contributed by atoms with Gasteiger partial charge in [-0.2, -0.15) is 4.52 Å². The van der Waals surface area contributed by atoms with Crippen LogP contribution in [0.5, 0.6) is 0 Å². The van der Waals surface area contributed by atoms with Crippen LogP contribution in [0.4, 0.5) is 5.82 Å². The van der Waals surface area contributed by atoms with Gasteiger partial charge >= 0.3 is 0 Å². The first-order valence-corrected chi connectivity index (χ1v) is 5.70. The van der Waals surface area contributed by atoms with Crippen molar-refractivity contribution in [3.8, 4) is 0 Å². The fraction of sp³-hybridized carbons (Fsp3) is 0.455. The molecule has 0 saturated heterocycles. The molecule has 2 aromatic rings. The molecular formula is C11H16N6. The van der Waals surface area contributed by atoms with Gasteiger partial charge in [0.2, 0.25) is 0 Å². The Morgan fingerprint density at radius 1 is 1.41 bits per heavy atom. The Hall–Kier alpha value is -1.98. The topological polar surface area (TPSA) is 58.7 Å². The smallest absolute Gasteiger partial charge is 0.177 e. The third kappa shape index (κ3) is 2.41. The number of hydrogen-bond donors (Lipinski definition) is 0. The summed E-state index contributed by atoms with van der Waals surface area (Å²) in [5, 5.41) is 12.1. The summed E-state index contributed by atoms with van der Waals surface area (Å²) in [4.78, 5) is 6.50. The highest BCUT2D eigenvalue weighted by Crippen LogP contribution is 2.15. The molecule has 0 atom stereocenters. The molecule has 2 aromatic heterocycles. The van der Waals surface area contributed by atoms with Crippen LogP contribution in [0.2, 0.25) is 0 Å². The molecule has 0 fully saturated rings. The molecule has 0 aliphatic rings. The van der Waals surface area contributed by atoms with Crippen LogP contribution in [0.25, 0.3) is 5.65 Å². The maximum absolute atomic E-state index is 4.39. The molecule has 0 aliphatic carbocycles. The normalized spacial score (nSPS) is 11.5. The highest BCUT2D eigenvalue weighted by Gasteiger charge is 2.03. The molecule has 6 nitrogen and oxygen atoms in total. The molecule has 0 bridgehead atoms. The summed E-state index contributed by atoms with van der Waals surface area (Å²) in [5.41, 5.74) is 1.73. The minimum Gasteiger partial charge on any atom is -0.363 e. The van der Waals surface area contributed by atoms with Crippen molar-refractivity contribution in [2.75, 3.05) is 13.1 Å². The van der Waals surface area contributed by atoms with Crippen molar-refractivity contribution in [2.45, 2.75) is 20.8 Å². The number of rotatable bonds is 4. The minimum atomic E-state index is 0.698. The summed E-state index contributed by atoms with van der Waals surface area (Å²) in [6.45, 7) is 8.04. The van der Waals surface area contributed by atoms with Gasteiger partial charge in [-0.3, -0.25) is 0 Å². The highest BCUT2D eigenvalue weighted by molar-refractivity contribution is 5.61. The van der Waals surface area contributed by atoms with Crippen LogP contribution in [0.3, 0.4) is 0 Å². The standard InChI is InChI=1S/C11H16N6/c1-4-16(5-2)7-12-11-9(3)6-10-14-13-8-17(10)15-11/h6-8H,4-5H2,1-3H3. The number of aromatic nitrogens is 4. The molecule has 0 unspecified atom stereocenters. The van der Waals surface area contributed by atoms with E-state index in [1.165, 1.54) is 0 Å². The first-order chi connectivity index (χ1) is 8.24. The van der Waals surface area contributed by atoms with E-state index in [0.29, 0.717) is 5.82 Å². The van der Waals surface area contributed by atoms with Crippen molar-refractivity contribution < 1.29 is 0 Å². The molecule has 0 amide bonds. The van der Waals surface area contributed by atoms with E-state index in [4.69, 9.17) is 0 Å². The van der Waals surface area contributed by atoms with E-state index in [2.05, 4.69) is 39.0 Å². The SMILES string of the molecule is CCN(C=Nc1nn2cnnc2cc1C)CC. The van der Waals surface area contributed by atoms with Gasteiger partial charge in [-0.15, -0.1) is 15.3 Å². The third-order valence-corrected chi connectivity index (χ3v) is 2.61. The zero-order valence-electron chi connectivity index (χ0n) is 10.3. The van der Waals surface area contributed by atoms with Crippen LogP contribution in [-0.4, -0.2) is 44.1 Å². The lowest BCUT2D eigenvalue weighted by molar-refractivity contribution is 0.479. The van der Waals surface area contributed by atoms with Gasteiger partial charge in [-0.1, -0.05) is 0 Å². The molecule has 2 heterocycles. The quantitative estimate of drug-likeness (QED) is 0.591. The van der Waals surface area contributed by atoms with E-state index in [-0.39, 0.29) is 0 Å². The van der Waals surface area contributed by atoms with E-state index >= 15 is 0 Å². The summed E-state index contributed by atoms with van der Waals surface area (Å²) < 4.78 is 1.63. The van der Waals surface area contributed by atoms with Gasteiger partial charge in [0.25, 0.3) is 0 Å². The lowest BCUT2D eigenvalue weighted by Crippen LogP contribution is -2.20. The monoisotopic (exact) mass is 232 g/mol. The van der Waals surface area contributed by atoms with E-state index < -0.39 is 0 Å². The summed E-state index contributed by atoms with van der Waals surface area (Å²) in [7, 11) is 0. The fourth-order valence-electron chi connectivity index (χ4n) is 1.50. The first kappa shape index (κ1) is 11.5. The second kappa shape index (κ2) is 4.90. The fourth-order valence-corrected chi connectivity index (χ4v) is 1.50. The van der Waals surface area contributed by atoms with Gasteiger partial charge in [-0.05, 0) is 32.4 Å². The summed E-state index contributed by atoms with van der Waals surface area (Å²) in [6, 6.07) is 1.93. The third-order valence-electron chi connectivity index (χ3n) is 2.61. The molecule has 90 valence electrons. The minimum absolute atomic E-state index is 0.698. The lowest BCUT2D eigenvalue weighted by Gasteiger charge is -2.13. The van der Waals surface area contributed by atoms with Gasteiger partial charge in [0, 0.05) is 13.1 Å². The average molecular weight is 232 g/mol. The summed E-state index contributed by atoms with van der Waals surface area (Å²) in [5.74, 6) is 0.698. The van der Waals surface area contributed by atoms with Crippen LogP contribution in [0, 0.1) is 6.92 Å². The van der Waals surface area contributed by atoms with E-state index in [1.54, 1.807) is 10.8 Å². The Bertz CT molecular complexity index is 526. The second-order valence-electron chi connectivity index (χ2n) is 3.75. The van der Waals surface area contributed by atoms with Crippen molar-refractivity contribution >= 4 is 17.8 Å². The number of fused-ring (bicyclic) bond motifs is 1. The van der Waals surface area contributed by atoms with Crippen molar-refractivity contribution in [1.29, 1.82) is 0 Å². The number of aryl methyl sites for hydroxylation is 1. The summed E-state index contributed by atoms with van der Waals surface area (Å²) in [6.07, 6.45) is 3.40. The second-order valence-corrected chi connectivity index (χ2v) is 3.75. The predicted octanol–water partition coefficient (Wildman–Crippen LogP) is 1.43. The summed E-state index contributed by atoms with van der Waals surface area (Å²) >= 11 is 0. The van der Waals surface area contributed by atoms with Crippen molar-refractivity contribution in [3.05, 3.63) is 18.0 Å². The number of aliphatic imine (C=N–C) groups is 1. The van der Waals surface area contributed by atoms with Gasteiger partial charge < -0.3 is 4.90 Å². The van der Waals surface area contributed by atoms with Crippen molar-refractivity contribution in [1.82, 2.24) is 24.7 Å². The lowest BCUT2D eigenvalue weighted by atomic mass is 10.3. The maximum atomic E-state index is 4.39. The van der Waals surface area contributed by atoms with Gasteiger partial charge in [0.15, 0.2) is 11.5 Å². The Labute approximate surface area is 100.0 Å². The average Bonchev–Trinajstić information content (AvgIpc) is 2.77. The number of nitrogens with zero attached hydrogens (tertiary/aromatic N) is 6. The Morgan fingerprint density at radius 2 is 2.18 bits per heavy atom. The van der Waals surface area contributed by atoms with E-state index in [0.717, 1.165) is 24.3 Å². The van der Waals surface area contributed by atoms with Gasteiger partial charge in [0.05, 0.1) is 6.34 Å². The highest BCUT2D eigenvalue weighted by atomic mass is 15.4. The first-order valence-electron chi connectivity index (χ1n) is 5.70. The van der Waals surface area contributed by atoms with Crippen LogP contribution < -0.4 is 0 Å². The number of hydrogen-bond acceptors (Lipinski definition) is 4. The van der Waals surface area contributed by atoms with Crippen LogP contribution >= 0.6 is 0 Å².